The smallest absolute Gasteiger partial charge is 0.232 e. The fourth-order valence-corrected chi connectivity index (χ4v) is 5.04. The molecule has 0 unspecified atom stereocenters. The minimum atomic E-state index is 0.268. The maximum Gasteiger partial charge on any atom is 0.232 e. The Morgan fingerprint density at radius 3 is 2.57 bits per heavy atom. The summed E-state index contributed by atoms with van der Waals surface area (Å²) in [6.07, 6.45) is 2.52. The van der Waals surface area contributed by atoms with Crippen LogP contribution in [-0.4, -0.2) is 96.4 Å². The van der Waals surface area contributed by atoms with E-state index in [2.05, 4.69) is 46.0 Å². The van der Waals surface area contributed by atoms with Crippen LogP contribution >= 0.6 is 0 Å². The fraction of sp³-hybridized carbons (Fsp3) is 0.615. The molecule has 2 aromatic rings. The van der Waals surface area contributed by atoms with Gasteiger partial charge in [-0.05, 0) is 44.4 Å². The van der Waals surface area contributed by atoms with Crippen LogP contribution in [0.1, 0.15) is 38.7 Å². The number of piperazine rings is 1. The Kier molecular flexibility index (Phi) is 8.08. The van der Waals surface area contributed by atoms with E-state index in [9.17, 15) is 4.79 Å². The van der Waals surface area contributed by atoms with Gasteiger partial charge in [0.05, 0.1) is 0 Å². The molecular formula is C26H38N8O3. The van der Waals surface area contributed by atoms with Crippen LogP contribution in [0.5, 0.6) is 11.5 Å². The number of aromatic nitrogens is 3. The number of rotatable bonds is 11. The fourth-order valence-electron chi connectivity index (χ4n) is 5.04. The molecule has 0 atom stereocenters. The number of carbonyl (C=O) groups excluding carboxylic acids is 1. The molecule has 200 valence electrons. The van der Waals surface area contributed by atoms with Crippen LogP contribution in [0, 0.1) is 0 Å². The third kappa shape index (κ3) is 6.15. The summed E-state index contributed by atoms with van der Waals surface area (Å²) in [7, 11) is 0. The topological polar surface area (TPSA) is 99.2 Å². The van der Waals surface area contributed by atoms with Crippen LogP contribution in [-0.2, 0) is 11.3 Å². The molecule has 37 heavy (non-hydrogen) atoms. The first-order valence-electron chi connectivity index (χ1n) is 13.5. The summed E-state index contributed by atoms with van der Waals surface area (Å²) in [6.45, 7) is 13.0. The lowest BCUT2D eigenvalue weighted by molar-refractivity contribution is -0.127. The summed E-state index contributed by atoms with van der Waals surface area (Å²) in [5, 5.41) is 3.38. The van der Waals surface area contributed by atoms with Gasteiger partial charge in [-0.2, -0.15) is 15.0 Å². The molecule has 11 nitrogen and oxygen atoms in total. The van der Waals surface area contributed by atoms with Crippen molar-refractivity contribution in [3.8, 4) is 11.5 Å². The summed E-state index contributed by atoms with van der Waals surface area (Å²) in [5.41, 5.74) is 1.23. The van der Waals surface area contributed by atoms with Gasteiger partial charge in [0, 0.05) is 71.9 Å². The number of anilines is 3. The van der Waals surface area contributed by atoms with Crippen molar-refractivity contribution in [2.45, 2.75) is 39.7 Å². The predicted octanol–water partition coefficient (Wildman–Crippen LogP) is 2.19. The normalized spacial score (nSPS) is 17.5. The number of amides is 1. The van der Waals surface area contributed by atoms with E-state index in [0.29, 0.717) is 31.7 Å². The van der Waals surface area contributed by atoms with Crippen molar-refractivity contribution in [3.05, 3.63) is 23.8 Å². The Morgan fingerprint density at radius 2 is 1.81 bits per heavy atom. The van der Waals surface area contributed by atoms with E-state index in [-0.39, 0.29) is 5.91 Å². The number of carbonyl (C=O) groups is 1. The van der Waals surface area contributed by atoms with Gasteiger partial charge >= 0.3 is 0 Å². The third-order valence-corrected chi connectivity index (χ3v) is 7.22. The van der Waals surface area contributed by atoms with Crippen LogP contribution in [0.25, 0.3) is 0 Å². The molecule has 1 amide bonds. The molecule has 11 heteroatoms. The number of hydrogen-bond donors (Lipinski definition) is 1. The van der Waals surface area contributed by atoms with E-state index in [4.69, 9.17) is 24.4 Å². The maximum absolute atomic E-state index is 11.9. The largest absolute Gasteiger partial charge is 0.454 e. The number of likely N-dealkylation sites (tertiary alicyclic amines) is 1. The van der Waals surface area contributed by atoms with Gasteiger partial charge in [-0.1, -0.05) is 6.07 Å². The van der Waals surface area contributed by atoms with Crippen LogP contribution in [0.2, 0.25) is 0 Å². The first-order chi connectivity index (χ1) is 18.1. The van der Waals surface area contributed by atoms with Gasteiger partial charge in [-0.15, -0.1) is 0 Å². The second-order valence-electron chi connectivity index (χ2n) is 9.65. The molecule has 5 rings (SSSR count). The molecule has 0 bridgehead atoms. The minimum absolute atomic E-state index is 0.268. The van der Waals surface area contributed by atoms with Crippen molar-refractivity contribution in [2.75, 3.05) is 80.8 Å². The van der Waals surface area contributed by atoms with E-state index in [1.165, 1.54) is 5.56 Å². The molecule has 3 aliphatic rings. The summed E-state index contributed by atoms with van der Waals surface area (Å²) < 4.78 is 11.0. The van der Waals surface area contributed by atoms with Gasteiger partial charge in [0.15, 0.2) is 11.5 Å². The van der Waals surface area contributed by atoms with Gasteiger partial charge in [0.1, 0.15) is 0 Å². The van der Waals surface area contributed by atoms with Gasteiger partial charge < -0.3 is 29.5 Å². The number of nitrogens with one attached hydrogen (secondary N) is 1. The minimum Gasteiger partial charge on any atom is -0.454 e. The summed E-state index contributed by atoms with van der Waals surface area (Å²) in [5.74, 6) is 3.94. The average Bonchev–Trinajstić information content (AvgIpc) is 3.56. The summed E-state index contributed by atoms with van der Waals surface area (Å²) >= 11 is 0. The predicted molar refractivity (Wildman–Crippen MR) is 142 cm³/mol. The molecule has 4 heterocycles. The molecule has 1 N–H and O–H groups in total. The average molecular weight is 511 g/mol. The number of ether oxygens (including phenoxy) is 2. The van der Waals surface area contributed by atoms with Crippen molar-refractivity contribution in [3.63, 3.8) is 0 Å². The lowest BCUT2D eigenvalue weighted by Gasteiger charge is -2.35. The quantitative estimate of drug-likeness (QED) is 0.453. The molecule has 0 aliphatic carbocycles. The highest BCUT2D eigenvalue weighted by atomic mass is 16.7. The Bertz CT molecular complexity index is 1070. The standard InChI is InChI=1S/C26H38N8O3/c1-3-32(4-2)25-28-24(27-10-6-12-33-11-5-7-23(33)35)29-26(30-25)34-15-13-31(14-16-34)18-20-8-9-21-22(17-20)37-19-36-21/h8-9,17H,3-7,10-16,18-19H2,1-2H3,(H,27,28,29,30). The Labute approximate surface area is 218 Å². The van der Waals surface area contributed by atoms with Crippen molar-refractivity contribution in [1.29, 1.82) is 0 Å². The Balaban J connectivity index is 1.19. The van der Waals surface area contributed by atoms with Crippen molar-refractivity contribution in [2.24, 2.45) is 0 Å². The zero-order valence-electron chi connectivity index (χ0n) is 22.0. The zero-order valence-corrected chi connectivity index (χ0v) is 22.0. The molecule has 2 fully saturated rings. The van der Waals surface area contributed by atoms with Crippen molar-refractivity contribution >= 4 is 23.8 Å². The number of benzene rings is 1. The molecule has 0 radical (unpaired) electrons. The van der Waals surface area contributed by atoms with Crippen LogP contribution < -0.4 is 24.6 Å². The molecular weight excluding hydrogens is 472 g/mol. The Morgan fingerprint density at radius 1 is 1.00 bits per heavy atom. The molecule has 0 saturated carbocycles. The van der Waals surface area contributed by atoms with Crippen LogP contribution in [0.4, 0.5) is 17.8 Å². The van der Waals surface area contributed by atoms with E-state index in [0.717, 1.165) is 89.2 Å². The van der Waals surface area contributed by atoms with E-state index in [1.807, 2.05) is 11.0 Å². The molecule has 0 spiro atoms. The summed E-state index contributed by atoms with van der Waals surface area (Å²) in [4.78, 5) is 35.0. The lowest BCUT2D eigenvalue weighted by Crippen LogP contribution is -2.46. The zero-order chi connectivity index (χ0) is 25.6. The molecule has 1 aromatic carbocycles. The lowest BCUT2D eigenvalue weighted by atomic mass is 10.1. The first kappa shape index (κ1) is 25.3. The monoisotopic (exact) mass is 510 g/mol. The second-order valence-corrected chi connectivity index (χ2v) is 9.65. The molecule has 2 saturated heterocycles. The number of nitrogens with zero attached hydrogens (tertiary/aromatic N) is 7. The summed E-state index contributed by atoms with van der Waals surface area (Å²) in [6, 6.07) is 6.18. The maximum atomic E-state index is 11.9. The van der Waals surface area contributed by atoms with E-state index < -0.39 is 0 Å². The van der Waals surface area contributed by atoms with Crippen LogP contribution in [0.3, 0.4) is 0 Å². The number of hydrogen-bond acceptors (Lipinski definition) is 10. The van der Waals surface area contributed by atoms with E-state index in [1.54, 1.807) is 0 Å². The highest BCUT2D eigenvalue weighted by Gasteiger charge is 2.23. The van der Waals surface area contributed by atoms with Gasteiger partial charge in [0.25, 0.3) is 0 Å². The first-order valence-corrected chi connectivity index (χ1v) is 13.5. The molecule has 3 aliphatic heterocycles. The highest BCUT2D eigenvalue weighted by molar-refractivity contribution is 5.78. The Hall–Kier alpha value is -3.34. The van der Waals surface area contributed by atoms with Crippen molar-refractivity contribution < 1.29 is 14.3 Å². The van der Waals surface area contributed by atoms with Crippen LogP contribution in [0.15, 0.2) is 18.2 Å². The van der Waals surface area contributed by atoms with Gasteiger partial charge in [-0.3, -0.25) is 9.69 Å². The van der Waals surface area contributed by atoms with Gasteiger partial charge in [-0.25, -0.2) is 0 Å². The van der Waals surface area contributed by atoms with Crippen molar-refractivity contribution in [1.82, 2.24) is 24.8 Å². The number of fused-ring (bicyclic) bond motifs is 1. The van der Waals surface area contributed by atoms with Gasteiger partial charge in [0.2, 0.25) is 30.5 Å². The third-order valence-electron chi connectivity index (χ3n) is 7.22. The highest BCUT2D eigenvalue weighted by Crippen LogP contribution is 2.33. The van der Waals surface area contributed by atoms with E-state index >= 15 is 0 Å². The SMILES string of the molecule is CCN(CC)c1nc(NCCCN2CCCC2=O)nc(N2CCN(Cc3ccc4c(c3)OCO4)CC2)n1. The second kappa shape index (κ2) is 11.8. The molecule has 1 aromatic heterocycles.